The van der Waals surface area contributed by atoms with Crippen LogP contribution in [0.2, 0.25) is 0 Å². The van der Waals surface area contributed by atoms with Gasteiger partial charge in [0, 0.05) is 77.1 Å². The van der Waals surface area contributed by atoms with Gasteiger partial charge < -0.3 is 5.11 Å². The van der Waals surface area contributed by atoms with Gasteiger partial charge >= 0.3 is 0 Å². The number of aromatic nitrogens is 3. The molecule has 5 aromatic rings. The molecule has 5 nitrogen and oxygen atoms in total. The van der Waals surface area contributed by atoms with Crippen molar-refractivity contribution >= 4 is 38.0 Å². The average molecular weight is 855 g/mol. The summed E-state index contributed by atoms with van der Waals surface area (Å²) < 4.78 is 1.31. The summed E-state index contributed by atoms with van der Waals surface area (Å²) >= 11 is 1.78. The zero-order valence-corrected chi connectivity index (χ0v) is 33.8. The second-order valence-electron chi connectivity index (χ2n) is 14.1. The van der Waals surface area contributed by atoms with Gasteiger partial charge in [-0.1, -0.05) is 91.5 Å². The Morgan fingerprint density at radius 2 is 1.57 bits per heavy atom. The maximum absolute atomic E-state index is 11.7. The second kappa shape index (κ2) is 18.1. The van der Waals surface area contributed by atoms with Gasteiger partial charge in [-0.05, 0) is 55.1 Å². The van der Waals surface area contributed by atoms with Crippen molar-refractivity contribution < 1.29 is 30.0 Å². The van der Waals surface area contributed by atoms with Crippen LogP contribution in [0.3, 0.4) is 0 Å². The number of aliphatic hydroxyl groups excluding tert-OH is 1. The van der Waals surface area contributed by atoms with Crippen molar-refractivity contribution in [2.75, 3.05) is 0 Å². The summed E-state index contributed by atoms with van der Waals surface area (Å²) in [5.74, 6) is 1.14. The molecule has 0 unspecified atom stereocenters. The number of benzene rings is 2. The van der Waals surface area contributed by atoms with Crippen LogP contribution in [-0.2, 0) is 36.7 Å². The molecule has 263 valence electrons. The van der Waals surface area contributed by atoms with Crippen molar-refractivity contribution in [1.29, 1.82) is 0 Å². The van der Waals surface area contributed by atoms with Crippen LogP contribution in [-0.4, -0.2) is 25.8 Å². The fourth-order valence-electron chi connectivity index (χ4n) is 6.21. The molecular formula is C42H52IrN3O2S-. The molecular weight excluding hydrogens is 803 g/mol. The predicted octanol–water partition coefficient (Wildman–Crippen LogP) is 11.7. The predicted molar refractivity (Wildman–Crippen MR) is 204 cm³/mol. The van der Waals surface area contributed by atoms with E-state index >= 15 is 0 Å². The molecule has 3 heterocycles. The summed E-state index contributed by atoms with van der Waals surface area (Å²) in [4.78, 5) is 25.5. The van der Waals surface area contributed by atoms with E-state index in [2.05, 4.69) is 97.4 Å². The minimum absolute atomic E-state index is 0. The van der Waals surface area contributed by atoms with E-state index in [1.807, 2.05) is 40.1 Å². The molecule has 7 heteroatoms. The summed E-state index contributed by atoms with van der Waals surface area (Å²) in [5.41, 5.74) is 6.56. The number of nitrogens with zero attached hydrogens (tertiary/aromatic N) is 3. The maximum Gasteiger partial charge on any atom is 0.162 e. The number of ketones is 1. The molecule has 1 N–H and O–H groups in total. The molecule has 3 aromatic heterocycles. The number of fused-ring (bicyclic) bond motifs is 2. The molecule has 0 aliphatic rings. The third-order valence-electron chi connectivity index (χ3n) is 9.07. The van der Waals surface area contributed by atoms with Crippen molar-refractivity contribution in [3.8, 4) is 22.5 Å². The summed E-state index contributed by atoms with van der Waals surface area (Å²) in [6.45, 7) is 19.3. The Balaban J connectivity index is 0.000000347. The van der Waals surface area contributed by atoms with Gasteiger partial charge in [-0.3, -0.25) is 14.8 Å². The van der Waals surface area contributed by atoms with Crippen LogP contribution in [0.1, 0.15) is 99.1 Å². The van der Waals surface area contributed by atoms with E-state index in [1.54, 1.807) is 17.7 Å². The largest absolute Gasteiger partial charge is 0.512 e. The molecule has 0 spiro atoms. The molecule has 1 radical (unpaired) electrons. The average Bonchev–Trinajstić information content (AvgIpc) is 3.50. The van der Waals surface area contributed by atoms with Crippen LogP contribution in [0, 0.1) is 23.8 Å². The number of hydrogen-bond acceptors (Lipinski definition) is 6. The van der Waals surface area contributed by atoms with E-state index in [4.69, 9.17) is 0 Å². The van der Waals surface area contributed by atoms with Crippen LogP contribution in [0.4, 0.5) is 0 Å². The van der Waals surface area contributed by atoms with Crippen LogP contribution < -0.4 is 0 Å². The molecule has 0 saturated carbocycles. The topological polar surface area (TPSA) is 76.0 Å². The minimum atomic E-state index is 0. The van der Waals surface area contributed by atoms with Gasteiger partial charge in [0.25, 0.3) is 0 Å². The SMILES string of the molecule is CC(C)Cc1cncc2c(-c3cc(-c4[c-]c5ccccc5c(C(C)(C)C)c4)ncn3)csc12.CCC(CC)C(=O)/C=C(\O)C(CC)CC.[Ir]. The number of aliphatic hydroxyl groups is 1. The van der Waals surface area contributed by atoms with Crippen molar-refractivity contribution in [1.82, 2.24) is 15.0 Å². The maximum atomic E-state index is 11.7. The Morgan fingerprint density at radius 3 is 2.20 bits per heavy atom. The Labute approximate surface area is 311 Å². The van der Waals surface area contributed by atoms with Gasteiger partial charge in [-0.2, -0.15) is 0 Å². The molecule has 0 atom stereocenters. The number of allylic oxidation sites excluding steroid dienone is 2. The first-order valence-electron chi connectivity index (χ1n) is 17.5. The summed E-state index contributed by atoms with van der Waals surface area (Å²) in [6, 6.07) is 16.4. The fraction of sp³-hybridized carbons (Fsp3) is 0.429. The first-order valence-corrected chi connectivity index (χ1v) is 18.4. The summed E-state index contributed by atoms with van der Waals surface area (Å²) in [7, 11) is 0. The Morgan fingerprint density at radius 1 is 0.918 bits per heavy atom. The van der Waals surface area contributed by atoms with Crippen LogP contribution in [0.25, 0.3) is 43.4 Å². The third-order valence-corrected chi connectivity index (χ3v) is 10.1. The smallest absolute Gasteiger partial charge is 0.162 e. The molecule has 0 bridgehead atoms. The Kier molecular flexibility index (Phi) is 14.9. The van der Waals surface area contributed by atoms with E-state index in [0.29, 0.717) is 5.92 Å². The number of carbonyl (C=O) groups excluding carboxylic acids is 1. The van der Waals surface area contributed by atoms with E-state index in [0.717, 1.165) is 60.0 Å². The molecule has 0 aliphatic carbocycles. The van der Waals surface area contributed by atoms with Crippen LogP contribution >= 0.6 is 11.3 Å². The standard InChI is InChI=1S/C29H28N3S.C13H24O2.Ir/c1-18(2)10-21-14-30-15-23-24(16-33-28(21)23)27-13-26(31-17-32-27)20-11-19-8-6-7-9-22(19)25(12-20)29(3,4)5;1-5-10(6-2)12(14)9-13(15)11(7-3)8-4;/h6-9,12-18H,10H2,1-5H3;9-11,14H,5-8H2,1-4H3;/q-1;;/b;12-9-;. The number of carbonyl (C=O) groups is 1. The normalized spacial score (nSPS) is 12.0. The number of pyridine rings is 1. The molecule has 2 aromatic carbocycles. The molecule has 0 aliphatic heterocycles. The van der Waals surface area contributed by atoms with E-state index in [1.165, 1.54) is 32.7 Å². The number of hydrogen-bond donors (Lipinski definition) is 1. The van der Waals surface area contributed by atoms with Crippen molar-refractivity contribution in [2.24, 2.45) is 17.8 Å². The zero-order valence-electron chi connectivity index (χ0n) is 30.6. The van der Waals surface area contributed by atoms with E-state index < -0.39 is 0 Å². The first kappa shape index (κ1) is 40.2. The minimum Gasteiger partial charge on any atom is -0.512 e. The van der Waals surface area contributed by atoms with Crippen LogP contribution in [0.15, 0.2) is 72.3 Å². The first-order chi connectivity index (χ1) is 22.9. The molecule has 5 rings (SSSR count). The molecule has 0 fully saturated rings. The van der Waals surface area contributed by atoms with Crippen molar-refractivity contribution in [3.63, 3.8) is 0 Å². The van der Waals surface area contributed by atoms with E-state index in [-0.39, 0.29) is 48.9 Å². The van der Waals surface area contributed by atoms with Gasteiger partial charge in [0.2, 0.25) is 0 Å². The van der Waals surface area contributed by atoms with E-state index in [9.17, 15) is 9.90 Å². The zero-order chi connectivity index (χ0) is 35.0. The number of rotatable bonds is 11. The summed E-state index contributed by atoms with van der Waals surface area (Å²) in [6.07, 6.45) is 11.6. The molecule has 0 saturated heterocycles. The monoisotopic (exact) mass is 855 g/mol. The number of thiophene rings is 1. The molecule has 0 amide bonds. The Hall–Kier alpha value is -3.25. The third kappa shape index (κ3) is 9.93. The van der Waals surface area contributed by atoms with Gasteiger partial charge in [0.1, 0.15) is 6.33 Å². The van der Waals surface area contributed by atoms with Gasteiger partial charge in [-0.15, -0.1) is 40.5 Å². The van der Waals surface area contributed by atoms with Crippen molar-refractivity contribution in [2.45, 2.75) is 99.8 Å². The second-order valence-corrected chi connectivity index (χ2v) is 15.0. The van der Waals surface area contributed by atoms with Gasteiger partial charge in [0.15, 0.2) is 5.78 Å². The quantitative estimate of drug-likeness (QED) is 0.0814. The van der Waals surface area contributed by atoms with Gasteiger partial charge in [-0.25, -0.2) is 4.98 Å². The van der Waals surface area contributed by atoms with Gasteiger partial charge in [0.05, 0.1) is 11.5 Å². The van der Waals surface area contributed by atoms with Crippen LogP contribution in [0.5, 0.6) is 0 Å². The molecule has 49 heavy (non-hydrogen) atoms. The fourth-order valence-corrected chi connectivity index (χ4v) is 7.27. The van der Waals surface area contributed by atoms with Crippen molar-refractivity contribution in [3.05, 3.63) is 89.5 Å². The Bertz CT molecular complexity index is 1860. The summed E-state index contributed by atoms with van der Waals surface area (Å²) in [5, 5.41) is 15.5.